The molecule has 1 fully saturated rings. The Bertz CT molecular complexity index is 1140. The molecule has 0 spiro atoms. The second-order valence-corrected chi connectivity index (χ2v) is 7.94. The highest BCUT2D eigenvalue weighted by molar-refractivity contribution is 6.35. The lowest BCUT2D eigenvalue weighted by atomic mass is 10.1. The second-order valence-electron chi connectivity index (χ2n) is 7.53. The number of aliphatic hydroxyl groups is 1. The van der Waals surface area contributed by atoms with E-state index in [-0.39, 0.29) is 11.8 Å². The number of pyridine rings is 1. The van der Waals surface area contributed by atoms with Crippen LogP contribution in [0.5, 0.6) is 0 Å². The summed E-state index contributed by atoms with van der Waals surface area (Å²) in [7, 11) is 0. The summed E-state index contributed by atoms with van der Waals surface area (Å²) >= 11 is 6.34. The van der Waals surface area contributed by atoms with Crippen LogP contribution in [0.4, 0.5) is 26.0 Å². The van der Waals surface area contributed by atoms with E-state index in [4.69, 9.17) is 11.6 Å². The van der Waals surface area contributed by atoms with Crippen molar-refractivity contribution >= 4 is 45.6 Å². The van der Waals surface area contributed by atoms with Gasteiger partial charge in [-0.1, -0.05) is 11.6 Å². The number of aromatic nitrogens is 1. The SMILES string of the molecule is CC(Nc1ccc(F)c(F)c1)C(=O)Nc1c(Cl)ccc2nc(N3CCC(O)C3)ccc12. The predicted octanol–water partition coefficient (Wildman–Crippen LogP) is 4.18. The van der Waals surface area contributed by atoms with Crippen LogP contribution in [0.2, 0.25) is 5.02 Å². The second kappa shape index (κ2) is 8.64. The number of amides is 1. The van der Waals surface area contributed by atoms with Gasteiger partial charge in [-0.25, -0.2) is 13.8 Å². The number of carbonyl (C=O) groups excluding carboxylic acids is 1. The minimum atomic E-state index is -0.998. The highest BCUT2D eigenvalue weighted by atomic mass is 35.5. The highest BCUT2D eigenvalue weighted by Gasteiger charge is 2.22. The van der Waals surface area contributed by atoms with Crippen LogP contribution in [0.25, 0.3) is 10.9 Å². The lowest BCUT2D eigenvalue weighted by molar-refractivity contribution is -0.116. The van der Waals surface area contributed by atoms with Gasteiger partial charge in [-0.05, 0) is 49.7 Å². The van der Waals surface area contributed by atoms with E-state index in [9.17, 15) is 18.7 Å². The number of halogens is 3. The third-order valence-corrected chi connectivity index (χ3v) is 5.55. The van der Waals surface area contributed by atoms with Gasteiger partial charge in [-0.15, -0.1) is 0 Å². The van der Waals surface area contributed by atoms with E-state index in [0.717, 1.165) is 24.5 Å². The van der Waals surface area contributed by atoms with Crippen LogP contribution in [0.15, 0.2) is 42.5 Å². The van der Waals surface area contributed by atoms with Crippen molar-refractivity contribution in [1.82, 2.24) is 4.98 Å². The molecule has 1 amide bonds. The number of hydrogen-bond donors (Lipinski definition) is 3. The highest BCUT2D eigenvalue weighted by Crippen LogP contribution is 2.32. The molecule has 3 aromatic rings. The number of β-amino-alcohol motifs (C(OH)–C–C–N with tert-alkyl or cyclic N) is 1. The summed E-state index contributed by atoms with van der Waals surface area (Å²) in [6, 6.07) is 9.68. The third-order valence-electron chi connectivity index (χ3n) is 5.24. The number of rotatable bonds is 5. The number of benzene rings is 2. The molecule has 2 aromatic carbocycles. The quantitative estimate of drug-likeness (QED) is 0.548. The molecule has 2 heterocycles. The van der Waals surface area contributed by atoms with Crippen LogP contribution < -0.4 is 15.5 Å². The maximum atomic E-state index is 13.4. The van der Waals surface area contributed by atoms with Crippen molar-refractivity contribution < 1.29 is 18.7 Å². The van der Waals surface area contributed by atoms with Gasteiger partial charge in [0.2, 0.25) is 5.91 Å². The van der Waals surface area contributed by atoms with Crippen molar-refractivity contribution in [1.29, 1.82) is 0 Å². The molecule has 1 aromatic heterocycles. The average molecular weight is 447 g/mol. The van der Waals surface area contributed by atoms with E-state index >= 15 is 0 Å². The Labute approximate surface area is 182 Å². The molecule has 9 heteroatoms. The largest absolute Gasteiger partial charge is 0.391 e. The van der Waals surface area contributed by atoms with Gasteiger partial charge in [-0.3, -0.25) is 4.79 Å². The molecule has 4 rings (SSSR count). The molecule has 0 bridgehead atoms. The molecule has 0 radical (unpaired) electrons. The lowest BCUT2D eigenvalue weighted by Gasteiger charge is -2.19. The molecule has 6 nitrogen and oxygen atoms in total. The Morgan fingerprint density at radius 1 is 1.23 bits per heavy atom. The molecular formula is C22H21ClF2N4O2. The van der Waals surface area contributed by atoms with E-state index < -0.39 is 23.6 Å². The van der Waals surface area contributed by atoms with Crippen molar-refractivity contribution in [2.45, 2.75) is 25.5 Å². The summed E-state index contributed by atoms with van der Waals surface area (Å²) in [6.45, 7) is 2.86. The molecule has 2 atom stereocenters. The van der Waals surface area contributed by atoms with Crippen LogP contribution in [-0.2, 0) is 4.79 Å². The molecule has 162 valence electrons. The molecule has 1 saturated heterocycles. The normalized spacial score (nSPS) is 17.1. The zero-order valence-corrected chi connectivity index (χ0v) is 17.5. The summed E-state index contributed by atoms with van der Waals surface area (Å²) in [5.74, 6) is -1.61. The van der Waals surface area contributed by atoms with E-state index in [1.807, 2.05) is 17.0 Å². The van der Waals surface area contributed by atoms with Gasteiger partial charge in [0, 0.05) is 30.2 Å². The van der Waals surface area contributed by atoms with Crippen LogP contribution >= 0.6 is 11.6 Å². The Morgan fingerprint density at radius 3 is 2.74 bits per heavy atom. The predicted molar refractivity (Wildman–Crippen MR) is 118 cm³/mol. The summed E-state index contributed by atoms with van der Waals surface area (Å²) in [5, 5.41) is 16.4. The first kappa shape index (κ1) is 21.3. The molecule has 1 aliphatic heterocycles. The Kier molecular flexibility index (Phi) is 5.93. The van der Waals surface area contributed by atoms with Crippen molar-refractivity contribution in [3.63, 3.8) is 0 Å². The Hall–Kier alpha value is -2.97. The van der Waals surface area contributed by atoms with E-state index in [1.54, 1.807) is 19.1 Å². The lowest BCUT2D eigenvalue weighted by Crippen LogP contribution is -2.32. The average Bonchev–Trinajstić information content (AvgIpc) is 3.18. The minimum Gasteiger partial charge on any atom is -0.391 e. The topological polar surface area (TPSA) is 77.5 Å². The fourth-order valence-corrected chi connectivity index (χ4v) is 3.76. The van der Waals surface area contributed by atoms with Crippen LogP contribution in [0, 0.1) is 11.6 Å². The first-order valence-corrected chi connectivity index (χ1v) is 10.2. The summed E-state index contributed by atoms with van der Waals surface area (Å²) in [5.41, 5.74) is 1.35. The Balaban J connectivity index is 1.54. The molecule has 2 unspecified atom stereocenters. The number of anilines is 3. The molecule has 0 aliphatic carbocycles. The van der Waals surface area contributed by atoms with Crippen LogP contribution in [0.3, 0.4) is 0 Å². The van der Waals surface area contributed by atoms with Gasteiger partial charge in [0.25, 0.3) is 0 Å². The summed E-state index contributed by atoms with van der Waals surface area (Å²) in [6.07, 6.45) is 0.339. The number of hydrogen-bond acceptors (Lipinski definition) is 5. The van der Waals surface area contributed by atoms with Gasteiger partial charge < -0.3 is 20.6 Å². The van der Waals surface area contributed by atoms with Gasteiger partial charge in [0.1, 0.15) is 11.9 Å². The van der Waals surface area contributed by atoms with E-state index in [2.05, 4.69) is 15.6 Å². The molecule has 31 heavy (non-hydrogen) atoms. The molecule has 0 saturated carbocycles. The molecule has 1 aliphatic rings. The van der Waals surface area contributed by atoms with Crippen molar-refractivity contribution in [2.24, 2.45) is 0 Å². The number of fused-ring (bicyclic) bond motifs is 1. The first-order valence-electron chi connectivity index (χ1n) is 9.86. The standard InChI is InChI=1S/C22H21ClF2N4O2/c1-12(26-13-2-5-17(24)18(25)10-13)22(31)28-21-15-3-7-20(29-9-8-14(30)11-29)27-19(15)6-4-16(21)23/h2-7,10,12,14,26,30H,8-9,11H2,1H3,(H,28,31). The van der Waals surface area contributed by atoms with Gasteiger partial charge in [0.15, 0.2) is 11.6 Å². The number of nitrogens with zero attached hydrogens (tertiary/aromatic N) is 2. The summed E-state index contributed by atoms with van der Waals surface area (Å²) in [4.78, 5) is 19.4. The van der Waals surface area contributed by atoms with E-state index in [0.29, 0.717) is 34.6 Å². The number of nitrogens with one attached hydrogen (secondary N) is 2. The van der Waals surface area contributed by atoms with Crippen molar-refractivity contribution in [3.8, 4) is 0 Å². The van der Waals surface area contributed by atoms with Gasteiger partial charge >= 0.3 is 0 Å². The van der Waals surface area contributed by atoms with Crippen LogP contribution in [-0.4, -0.2) is 41.2 Å². The zero-order chi connectivity index (χ0) is 22.1. The fourth-order valence-electron chi connectivity index (χ4n) is 3.55. The van der Waals surface area contributed by atoms with Crippen LogP contribution in [0.1, 0.15) is 13.3 Å². The van der Waals surface area contributed by atoms with Crippen molar-refractivity contribution in [3.05, 3.63) is 59.1 Å². The number of carbonyl (C=O) groups is 1. The smallest absolute Gasteiger partial charge is 0.246 e. The third kappa shape index (κ3) is 4.55. The molecular weight excluding hydrogens is 426 g/mol. The van der Waals surface area contributed by atoms with E-state index in [1.165, 1.54) is 6.07 Å². The summed E-state index contributed by atoms with van der Waals surface area (Å²) < 4.78 is 26.5. The molecule has 3 N–H and O–H groups in total. The fraction of sp³-hybridized carbons (Fsp3) is 0.273. The zero-order valence-electron chi connectivity index (χ0n) is 16.7. The maximum absolute atomic E-state index is 13.4. The van der Waals surface area contributed by atoms with Gasteiger partial charge in [-0.2, -0.15) is 0 Å². The maximum Gasteiger partial charge on any atom is 0.246 e. The Morgan fingerprint density at radius 2 is 2.03 bits per heavy atom. The van der Waals surface area contributed by atoms with Gasteiger partial charge in [0.05, 0.1) is 22.3 Å². The minimum absolute atomic E-state index is 0.282. The van der Waals surface area contributed by atoms with Crippen molar-refractivity contribution in [2.75, 3.05) is 28.6 Å². The first-order chi connectivity index (χ1) is 14.8. The monoisotopic (exact) mass is 446 g/mol. The number of aliphatic hydroxyl groups excluding tert-OH is 1.